The first-order chi connectivity index (χ1) is 8.34. The molecule has 1 aliphatic rings. The molecule has 3 rings (SSSR count). The van der Waals surface area contributed by atoms with Crippen LogP contribution in [0.2, 0.25) is 0 Å². The summed E-state index contributed by atoms with van der Waals surface area (Å²) in [6.45, 7) is 2.12. The van der Waals surface area contributed by atoms with Gasteiger partial charge in [-0.25, -0.2) is 0 Å². The molecular weight excluding hydrogens is 204 g/mol. The summed E-state index contributed by atoms with van der Waals surface area (Å²) in [5.74, 6) is 0. The van der Waals surface area contributed by atoms with Crippen molar-refractivity contribution in [2.45, 2.75) is 6.92 Å². The summed E-state index contributed by atoms with van der Waals surface area (Å²) in [5, 5.41) is 0. The number of benzene rings is 1. The third-order valence-corrected chi connectivity index (χ3v) is 3.13. The van der Waals surface area contributed by atoms with Gasteiger partial charge in [0.15, 0.2) is 0 Å². The van der Waals surface area contributed by atoms with Crippen LogP contribution in [-0.2, 0) is 0 Å². The zero-order valence-electron chi connectivity index (χ0n) is 9.85. The molecule has 0 aliphatic heterocycles. The summed E-state index contributed by atoms with van der Waals surface area (Å²) in [6.07, 6.45) is 0. The molecule has 2 aromatic rings. The quantitative estimate of drug-likeness (QED) is 0.510. The van der Waals surface area contributed by atoms with E-state index in [9.17, 15) is 0 Å². The molecule has 0 N–H and O–H groups in total. The lowest BCUT2D eigenvalue weighted by Crippen LogP contribution is -1.73. The summed E-state index contributed by atoms with van der Waals surface area (Å²) in [7, 11) is 0. The predicted octanol–water partition coefficient (Wildman–Crippen LogP) is 4.77. The molecule has 2 bridgehead atoms. The van der Waals surface area contributed by atoms with Gasteiger partial charge in [-0.15, -0.1) is 0 Å². The van der Waals surface area contributed by atoms with E-state index in [1.807, 2.05) is 0 Å². The van der Waals surface area contributed by atoms with Crippen molar-refractivity contribution in [3.05, 3.63) is 72.3 Å². The maximum absolute atomic E-state index is 2.25. The molecule has 0 nitrogen and oxygen atoms in total. The van der Waals surface area contributed by atoms with Crippen LogP contribution in [0.4, 0.5) is 0 Å². The summed E-state index contributed by atoms with van der Waals surface area (Å²) in [4.78, 5) is 0. The SMILES string of the molecule is Cc1ccccc2cc(cc1)-c1ccccc1-2. The van der Waals surface area contributed by atoms with E-state index in [1.54, 1.807) is 0 Å². The Kier molecular flexibility index (Phi) is 2.41. The Morgan fingerprint density at radius 1 is 0.588 bits per heavy atom. The minimum Gasteiger partial charge on any atom is -0.0620 e. The zero-order valence-corrected chi connectivity index (χ0v) is 9.85. The van der Waals surface area contributed by atoms with Crippen LogP contribution < -0.4 is 0 Å². The van der Waals surface area contributed by atoms with Crippen LogP contribution >= 0.6 is 0 Å². The van der Waals surface area contributed by atoms with Crippen molar-refractivity contribution in [1.82, 2.24) is 0 Å². The second-order valence-electron chi connectivity index (χ2n) is 4.40. The lowest BCUT2D eigenvalue weighted by atomic mass is 10.1. The minimum absolute atomic E-state index is 1.27. The van der Waals surface area contributed by atoms with E-state index < -0.39 is 0 Å². The van der Waals surface area contributed by atoms with Gasteiger partial charge in [0.05, 0.1) is 0 Å². The van der Waals surface area contributed by atoms with Crippen molar-refractivity contribution >= 4 is 0 Å². The zero-order chi connectivity index (χ0) is 11.7. The Bertz CT molecular complexity index is 623. The standard InChI is InChI=1S/C17H14/c1-13-6-2-3-7-14-12-15(11-10-13)17-9-5-4-8-16(14)17/h2-12H,1H3. The fourth-order valence-corrected chi connectivity index (χ4v) is 2.23. The first kappa shape index (κ1) is 10.1. The fourth-order valence-electron chi connectivity index (χ4n) is 2.23. The molecule has 0 heteroatoms. The third kappa shape index (κ3) is 1.83. The van der Waals surface area contributed by atoms with Gasteiger partial charge < -0.3 is 0 Å². The fraction of sp³-hybridized carbons (Fsp3) is 0.0588. The Balaban J connectivity index is 2.35. The van der Waals surface area contributed by atoms with Gasteiger partial charge in [-0.05, 0) is 35.2 Å². The maximum Gasteiger partial charge on any atom is -0.0105 e. The Morgan fingerprint density at radius 3 is 1.94 bits per heavy atom. The molecule has 0 saturated carbocycles. The van der Waals surface area contributed by atoms with E-state index >= 15 is 0 Å². The van der Waals surface area contributed by atoms with Crippen LogP contribution in [-0.4, -0.2) is 0 Å². The highest BCUT2D eigenvalue weighted by Gasteiger charge is 2.11. The van der Waals surface area contributed by atoms with Crippen molar-refractivity contribution < 1.29 is 0 Å². The first-order valence-electron chi connectivity index (χ1n) is 5.89. The molecule has 2 aromatic carbocycles. The van der Waals surface area contributed by atoms with Gasteiger partial charge >= 0.3 is 0 Å². The molecule has 0 amide bonds. The molecule has 0 heterocycles. The molecule has 0 aromatic heterocycles. The molecule has 0 atom stereocenters. The van der Waals surface area contributed by atoms with E-state index in [0.717, 1.165) is 0 Å². The highest BCUT2D eigenvalue weighted by Crippen LogP contribution is 2.37. The molecule has 0 fully saturated rings. The average Bonchev–Trinajstić information content (AvgIpc) is 2.70. The lowest BCUT2D eigenvalue weighted by Gasteiger charge is -1.98. The van der Waals surface area contributed by atoms with Crippen LogP contribution in [0.5, 0.6) is 0 Å². The first-order valence-corrected chi connectivity index (χ1v) is 5.89. The average molecular weight is 218 g/mol. The van der Waals surface area contributed by atoms with Gasteiger partial charge in [0.25, 0.3) is 0 Å². The Morgan fingerprint density at radius 2 is 1.18 bits per heavy atom. The summed E-state index contributed by atoms with van der Waals surface area (Å²) in [5.41, 5.74) is 6.53. The van der Waals surface area contributed by atoms with Gasteiger partial charge in [0.2, 0.25) is 0 Å². The van der Waals surface area contributed by atoms with Gasteiger partial charge in [0, 0.05) is 0 Å². The van der Waals surface area contributed by atoms with Crippen molar-refractivity contribution in [2.24, 2.45) is 0 Å². The molecular formula is C17H14. The van der Waals surface area contributed by atoms with Crippen LogP contribution in [0.3, 0.4) is 0 Å². The largest absolute Gasteiger partial charge is 0.0620 e. The molecule has 0 radical (unpaired) electrons. The second-order valence-corrected chi connectivity index (χ2v) is 4.40. The molecule has 0 spiro atoms. The Labute approximate surface area is 102 Å². The second kappa shape index (κ2) is 4.06. The summed E-state index contributed by atoms with van der Waals surface area (Å²) >= 11 is 0. The van der Waals surface area contributed by atoms with E-state index in [-0.39, 0.29) is 0 Å². The smallest absolute Gasteiger partial charge is 0.0105 e. The Hall–Kier alpha value is -2.08. The topological polar surface area (TPSA) is 0 Å². The van der Waals surface area contributed by atoms with Crippen molar-refractivity contribution in [3.8, 4) is 22.3 Å². The van der Waals surface area contributed by atoms with E-state index in [0.29, 0.717) is 0 Å². The minimum atomic E-state index is 1.27. The number of hydrogen-bond acceptors (Lipinski definition) is 0. The van der Waals surface area contributed by atoms with E-state index in [2.05, 4.69) is 73.7 Å². The van der Waals surface area contributed by atoms with Crippen molar-refractivity contribution in [3.63, 3.8) is 0 Å². The van der Waals surface area contributed by atoms with Gasteiger partial charge in [-0.1, -0.05) is 66.2 Å². The predicted molar refractivity (Wildman–Crippen MR) is 73.2 cm³/mol. The highest BCUT2D eigenvalue weighted by molar-refractivity contribution is 5.90. The number of fused-ring (bicyclic) bond motifs is 5. The third-order valence-electron chi connectivity index (χ3n) is 3.13. The van der Waals surface area contributed by atoms with Crippen molar-refractivity contribution in [1.29, 1.82) is 0 Å². The van der Waals surface area contributed by atoms with Gasteiger partial charge in [-0.3, -0.25) is 0 Å². The number of rotatable bonds is 0. The number of aryl methyl sites for hydroxylation is 1. The van der Waals surface area contributed by atoms with E-state index in [1.165, 1.54) is 27.8 Å². The summed E-state index contributed by atoms with van der Waals surface area (Å²) < 4.78 is 0. The molecule has 0 unspecified atom stereocenters. The molecule has 82 valence electrons. The normalized spacial score (nSPS) is 10.6. The monoisotopic (exact) mass is 218 g/mol. The molecule has 17 heavy (non-hydrogen) atoms. The van der Waals surface area contributed by atoms with Crippen molar-refractivity contribution in [2.75, 3.05) is 0 Å². The van der Waals surface area contributed by atoms with Crippen LogP contribution in [0, 0.1) is 6.92 Å². The van der Waals surface area contributed by atoms with Crippen LogP contribution in [0.25, 0.3) is 22.3 Å². The number of hydrogen-bond donors (Lipinski definition) is 0. The lowest BCUT2D eigenvalue weighted by molar-refractivity contribution is 1.50. The van der Waals surface area contributed by atoms with E-state index in [4.69, 9.17) is 0 Å². The van der Waals surface area contributed by atoms with Crippen LogP contribution in [0.1, 0.15) is 5.56 Å². The van der Waals surface area contributed by atoms with Gasteiger partial charge in [-0.2, -0.15) is 0 Å². The molecule has 0 saturated heterocycles. The maximum atomic E-state index is 2.25. The molecule has 1 aliphatic carbocycles. The highest BCUT2D eigenvalue weighted by atomic mass is 14.1. The van der Waals surface area contributed by atoms with Gasteiger partial charge in [0.1, 0.15) is 0 Å². The summed E-state index contributed by atoms with van der Waals surface area (Å²) in [6, 6.07) is 23.7. The van der Waals surface area contributed by atoms with Crippen LogP contribution in [0.15, 0.2) is 66.7 Å².